The predicted molar refractivity (Wildman–Crippen MR) is 103 cm³/mol. The number of carbonyl (C=O) groups is 1. The van der Waals surface area contributed by atoms with Gasteiger partial charge in [0.2, 0.25) is 5.91 Å². The van der Waals surface area contributed by atoms with Crippen LogP contribution < -0.4 is 16.0 Å². The van der Waals surface area contributed by atoms with Crippen LogP contribution in [0.25, 0.3) is 0 Å². The van der Waals surface area contributed by atoms with E-state index in [-0.39, 0.29) is 24.0 Å². The van der Waals surface area contributed by atoms with Gasteiger partial charge in [0.05, 0.1) is 6.42 Å². The average molecular weight is 374 g/mol. The predicted octanol–water partition coefficient (Wildman–Crippen LogP) is 2.03. The second-order valence-electron chi connectivity index (χ2n) is 5.92. The van der Waals surface area contributed by atoms with Gasteiger partial charge in [-0.15, -0.1) is 0 Å². The molecule has 0 fully saturated rings. The van der Waals surface area contributed by atoms with Gasteiger partial charge in [-0.3, -0.25) is 9.79 Å². The maximum Gasteiger partial charge on any atom is 0.224 e. The van der Waals surface area contributed by atoms with Crippen LogP contribution in [-0.2, 0) is 17.6 Å². The van der Waals surface area contributed by atoms with E-state index in [1.165, 1.54) is 18.2 Å². The molecule has 0 aromatic heterocycles. The quantitative estimate of drug-likeness (QED) is 0.376. The normalized spacial score (nSPS) is 11.1. The van der Waals surface area contributed by atoms with Crippen LogP contribution in [0.3, 0.4) is 0 Å². The van der Waals surface area contributed by atoms with Gasteiger partial charge in [0.25, 0.3) is 0 Å². The van der Waals surface area contributed by atoms with Gasteiger partial charge in [0, 0.05) is 26.7 Å². The SMILES string of the molecule is CN=C(NCCNC(=O)Cc1cccc(F)c1)NCCc1ccccc1F. The third-order valence-electron chi connectivity index (χ3n) is 3.86. The van der Waals surface area contributed by atoms with E-state index in [2.05, 4.69) is 20.9 Å². The summed E-state index contributed by atoms with van der Waals surface area (Å²) in [6, 6.07) is 12.6. The van der Waals surface area contributed by atoms with Crippen molar-refractivity contribution in [1.29, 1.82) is 0 Å². The minimum atomic E-state index is -0.354. The Kier molecular flexibility index (Phi) is 8.22. The Hall–Kier alpha value is -2.96. The molecule has 0 aliphatic heterocycles. The first-order valence-corrected chi connectivity index (χ1v) is 8.77. The van der Waals surface area contributed by atoms with E-state index in [4.69, 9.17) is 0 Å². The van der Waals surface area contributed by atoms with Crippen LogP contribution in [-0.4, -0.2) is 38.5 Å². The molecule has 0 aliphatic rings. The van der Waals surface area contributed by atoms with Crippen LogP contribution in [0.15, 0.2) is 53.5 Å². The lowest BCUT2D eigenvalue weighted by Crippen LogP contribution is -2.42. The summed E-state index contributed by atoms with van der Waals surface area (Å²) in [5, 5.41) is 8.93. The Bertz CT molecular complexity index is 780. The molecule has 0 spiro atoms. The van der Waals surface area contributed by atoms with Crippen molar-refractivity contribution < 1.29 is 13.6 Å². The summed E-state index contributed by atoms with van der Waals surface area (Å²) in [6.07, 6.45) is 0.672. The number of nitrogens with zero attached hydrogens (tertiary/aromatic N) is 1. The van der Waals surface area contributed by atoms with Crippen LogP contribution >= 0.6 is 0 Å². The van der Waals surface area contributed by atoms with Crippen molar-refractivity contribution in [3.05, 3.63) is 71.3 Å². The third kappa shape index (κ3) is 7.43. The first-order valence-electron chi connectivity index (χ1n) is 8.77. The molecule has 0 atom stereocenters. The Labute approximate surface area is 157 Å². The molecule has 2 aromatic carbocycles. The molecule has 1 amide bonds. The second kappa shape index (κ2) is 10.9. The largest absolute Gasteiger partial charge is 0.356 e. The first kappa shape index (κ1) is 20.4. The molecule has 0 unspecified atom stereocenters. The lowest BCUT2D eigenvalue weighted by molar-refractivity contribution is -0.120. The number of amides is 1. The van der Waals surface area contributed by atoms with E-state index in [0.29, 0.717) is 43.1 Å². The number of guanidine groups is 1. The monoisotopic (exact) mass is 374 g/mol. The molecule has 0 aliphatic carbocycles. The molecule has 144 valence electrons. The Balaban J connectivity index is 1.63. The lowest BCUT2D eigenvalue weighted by Gasteiger charge is -2.12. The topological polar surface area (TPSA) is 65.5 Å². The fourth-order valence-electron chi connectivity index (χ4n) is 2.51. The van der Waals surface area contributed by atoms with E-state index in [0.717, 1.165) is 0 Å². The van der Waals surface area contributed by atoms with Gasteiger partial charge in [0.15, 0.2) is 5.96 Å². The van der Waals surface area contributed by atoms with Crippen LogP contribution in [0, 0.1) is 11.6 Å². The molecular weight excluding hydrogens is 350 g/mol. The molecule has 0 saturated carbocycles. The van der Waals surface area contributed by atoms with Crippen LogP contribution in [0.4, 0.5) is 8.78 Å². The number of benzene rings is 2. The van der Waals surface area contributed by atoms with E-state index >= 15 is 0 Å². The fraction of sp³-hybridized carbons (Fsp3) is 0.300. The first-order chi connectivity index (χ1) is 13.1. The smallest absolute Gasteiger partial charge is 0.224 e. The fourth-order valence-corrected chi connectivity index (χ4v) is 2.51. The minimum Gasteiger partial charge on any atom is -0.356 e. The zero-order valence-electron chi connectivity index (χ0n) is 15.3. The highest BCUT2D eigenvalue weighted by Gasteiger charge is 2.05. The van der Waals surface area contributed by atoms with E-state index in [1.54, 1.807) is 37.4 Å². The summed E-state index contributed by atoms with van der Waals surface area (Å²) in [7, 11) is 1.64. The van der Waals surface area contributed by atoms with E-state index < -0.39 is 0 Å². The molecule has 0 heterocycles. The van der Waals surface area contributed by atoms with Crippen molar-refractivity contribution in [1.82, 2.24) is 16.0 Å². The highest BCUT2D eigenvalue weighted by atomic mass is 19.1. The lowest BCUT2D eigenvalue weighted by atomic mass is 10.1. The van der Waals surface area contributed by atoms with Crippen molar-refractivity contribution in [2.45, 2.75) is 12.8 Å². The van der Waals surface area contributed by atoms with Gasteiger partial charge < -0.3 is 16.0 Å². The van der Waals surface area contributed by atoms with Gasteiger partial charge in [-0.05, 0) is 35.7 Å². The third-order valence-corrected chi connectivity index (χ3v) is 3.86. The summed E-state index contributed by atoms with van der Waals surface area (Å²) in [5.74, 6) is -0.175. The number of rotatable bonds is 8. The number of hydrogen-bond acceptors (Lipinski definition) is 2. The Morgan fingerprint density at radius 1 is 0.963 bits per heavy atom. The average Bonchev–Trinajstić information content (AvgIpc) is 2.65. The summed E-state index contributed by atoms with van der Waals surface area (Å²) < 4.78 is 26.7. The van der Waals surface area contributed by atoms with Gasteiger partial charge in [-0.25, -0.2) is 8.78 Å². The number of carbonyl (C=O) groups excluding carboxylic acids is 1. The molecule has 27 heavy (non-hydrogen) atoms. The molecule has 5 nitrogen and oxygen atoms in total. The van der Waals surface area contributed by atoms with Gasteiger partial charge >= 0.3 is 0 Å². The molecule has 7 heteroatoms. The maximum atomic E-state index is 13.6. The summed E-state index contributed by atoms with van der Waals surface area (Å²) >= 11 is 0. The van der Waals surface area contributed by atoms with Gasteiger partial charge in [-0.2, -0.15) is 0 Å². The Morgan fingerprint density at radius 3 is 2.44 bits per heavy atom. The number of hydrogen-bond donors (Lipinski definition) is 3. The zero-order chi connectivity index (χ0) is 19.5. The molecule has 2 aromatic rings. The zero-order valence-corrected chi connectivity index (χ0v) is 15.3. The standard InChI is InChI=1S/C20H24F2N4O/c1-23-20(25-10-9-16-6-2-3-8-18(16)22)26-12-11-24-19(27)14-15-5-4-7-17(21)13-15/h2-8,13H,9-12,14H2,1H3,(H,24,27)(H2,23,25,26). The molecular formula is C20H24F2N4O. The van der Waals surface area contributed by atoms with Crippen molar-refractivity contribution in [2.75, 3.05) is 26.7 Å². The second-order valence-corrected chi connectivity index (χ2v) is 5.92. The molecule has 0 radical (unpaired) electrons. The van der Waals surface area contributed by atoms with Crippen LogP contribution in [0.1, 0.15) is 11.1 Å². The minimum absolute atomic E-state index is 0.132. The molecule has 3 N–H and O–H groups in total. The summed E-state index contributed by atoms with van der Waals surface area (Å²) in [6.45, 7) is 1.42. The number of nitrogens with one attached hydrogen (secondary N) is 3. The van der Waals surface area contributed by atoms with Crippen molar-refractivity contribution in [3.63, 3.8) is 0 Å². The van der Waals surface area contributed by atoms with Crippen molar-refractivity contribution in [2.24, 2.45) is 4.99 Å². The molecule has 2 rings (SSSR count). The van der Waals surface area contributed by atoms with Gasteiger partial charge in [0.1, 0.15) is 11.6 Å². The maximum absolute atomic E-state index is 13.6. The molecule has 0 bridgehead atoms. The van der Waals surface area contributed by atoms with Crippen LogP contribution in [0.2, 0.25) is 0 Å². The summed E-state index contributed by atoms with van der Waals surface area (Å²) in [5.41, 5.74) is 1.27. The van der Waals surface area contributed by atoms with Crippen molar-refractivity contribution in [3.8, 4) is 0 Å². The number of aliphatic imine (C=N–C) groups is 1. The Morgan fingerprint density at radius 2 is 1.70 bits per heavy atom. The van der Waals surface area contributed by atoms with Crippen LogP contribution in [0.5, 0.6) is 0 Å². The van der Waals surface area contributed by atoms with E-state index in [1.807, 2.05) is 0 Å². The van der Waals surface area contributed by atoms with E-state index in [9.17, 15) is 13.6 Å². The van der Waals surface area contributed by atoms with Crippen molar-refractivity contribution >= 4 is 11.9 Å². The highest BCUT2D eigenvalue weighted by molar-refractivity contribution is 5.80. The van der Waals surface area contributed by atoms with Gasteiger partial charge in [-0.1, -0.05) is 30.3 Å². The molecule has 0 saturated heterocycles. The number of halogens is 2. The highest BCUT2D eigenvalue weighted by Crippen LogP contribution is 2.06. The summed E-state index contributed by atoms with van der Waals surface area (Å²) in [4.78, 5) is 15.9.